The lowest BCUT2D eigenvalue weighted by Crippen LogP contribution is -2.10. The van der Waals surface area contributed by atoms with Gasteiger partial charge in [-0.15, -0.1) is 10.2 Å². The molecule has 0 spiro atoms. The summed E-state index contributed by atoms with van der Waals surface area (Å²) in [5.74, 6) is 1.37. The second-order valence-corrected chi connectivity index (χ2v) is 8.04. The average Bonchev–Trinajstić information content (AvgIpc) is 3.49. The molecule has 0 saturated heterocycles. The van der Waals surface area contributed by atoms with Gasteiger partial charge in [0.05, 0.1) is 12.3 Å². The van der Waals surface area contributed by atoms with E-state index >= 15 is 0 Å². The van der Waals surface area contributed by atoms with Crippen molar-refractivity contribution in [2.24, 2.45) is 0 Å². The number of nitrogens with zero attached hydrogens (tertiary/aromatic N) is 3. The van der Waals surface area contributed by atoms with Crippen LogP contribution in [-0.4, -0.2) is 27.5 Å². The smallest absolute Gasteiger partial charge is 0.291 e. The summed E-state index contributed by atoms with van der Waals surface area (Å²) >= 11 is 0. The van der Waals surface area contributed by atoms with Crippen molar-refractivity contribution in [3.8, 4) is 22.8 Å². The number of ether oxygens (including phenoxy) is 1. The molecule has 2 heterocycles. The average molecular weight is 453 g/mol. The summed E-state index contributed by atoms with van der Waals surface area (Å²) in [5, 5.41) is 11.9. The molecular weight excluding hydrogens is 428 g/mol. The van der Waals surface area contributed by atoms with Crippen LogP contribution in [-0.2, 0) is 0 Å². The Balaban J connectivity index is 1.33. The third-order valence-corrected chi connectivity index (χ3v) is 5.64. The summed E-state index contributed by atoms with van der Waals surface area (Å²) in [7, 11) is 0. The van der Waals surface area contributed by atoms with Gasteiger partial charge in [0, 0.05) is 11.3 Å². The first-order valence-corrected chi connectivity index (χ1v) is 11.1. The molecule has 0 saturated carbocycles. The normalized spacial score (nSPS) is 11.0. The van der Waals surface area contributed by atoms with Crippen molar-refractivity contribution in [2.45, 2.75) is 20.8 Å². The van der Waals surface area contributed by atoms with Gasteiger partial charge >= 0.3 is 0 Å². The van der Waals surface area contributed by atoms with Crippen molar-refractivity contribution >= 4 is 22.6 Å². The zero-order chi connectivity index (χ0) is 23.7. The number of carbonyl (C=O) groups is 1. The summed E-state index contributed by atoms with van der Waals surface area (Å²) in [6.07, 6.45) is 0. The van der Waals surface area contributed by atoms with Crippen LogP contribution in [0.15, 0.2) is 77.2 Å². The summed E-state index contributed by atoms with van der Waals surface area (Å²) in [5.41, 5.74) is 6.15. The van der Waals surface area contributed by atoms with Crippen molar-refractivity contribution in [3.63, 3.8) is 0 Å². The molecule has 34 heavy (non-hydrogen) atoms. The van der Waals surface area contributed by atoms with Gasteiger partial charge in [0.15, 0.2) is 5.76 Å². The molecule has 170 valence electrons. The maximum Gasteiger partial charge on any atom is 0.291 e. The molecule has 5 rings (SSSR count). The van der Waals surface area contributed by atoms with Crippen LogP contribution < -0.4 is 10.1 Å². The number of aromatic nitrogens is 3. The fraction of sp³-hybridized carbons (Fsp3) is 0.148. The SMILES string of the molecule is CCOc1ccc(-n2nc3ccc(NC(=O)c4ccc(-c5ccc(C)c(C)c5)o4)cc3n2)cc1. The molecule has 2 aromatic heterocycles. The topological polar surface area (TPSA) is 82.2 Å². The standard InChI is InChI=1S/C27H24N4O3/c1-4-33-22-10-8-21(9-11-22)31-29-23-12-7-20(16-24(23)30-31)28-27(32)26-14-13-25(34-26)19-6-5-17(2)18(3)15-19/h5-16H,4H2,1-3H3,(H,28,32). The van der Waals surface area contributed by atoms with Crippen molar-refractivity contribution in [1.29, 1.82) is 0 Å². The highest BCUT2D eigenvalue weighted by Gasteiger charge is 2.14. The molecule has 7 nitrogen and oxygen atoms in total. The van der Waals surface area contributed by atoms with Gasteiger partial charge < -0.3 is 14.5 Å². The van der Waals surface area contributed by atoms with Crippen molar-refractivity contribution in [2.75, 3.05) is 11.9 Å². The van der Waals surface area contributed by atoms with Gasteiger partial charge in [0.2, 0.25) is 0 Å². The molecular formula is C27H24N4O3. The third kappa shape index (κ3) is 4.28. The Morgan fingerprint density at radius 2 is 1.71 bits per heavy atom. The number of amides is 1. The Hall–Kier alpha value is -4.39. The molecule has 0 bridgehead atoms. The number of anilines is 1. The largest absolute Gasteiger partial charge is 0.494 e. The molecule has 7 heteroatoms. The number of benzene rings is 3. The number of nitrogens with one attached hydrogen (secondary N) is 1. The molecule has 0 unspecified atom stereocenters. The molecule has 3 aromatic carbocycles. The fourth-order valence-electron chi connectivity index (χ4n) is 3.65. The Kier molecular flexibility index (Phi) is 5.59. The van der Waals surface area contributed by atoms with Gasteiger partial charge in [-0.05, 0) is 92.6 Å². The highest BCUT2D eigenvalue weighted by atomic mass is 16.5. The van der Waals surface area contributed by atoms with Crippen LogP contribution in [0.1, 0.15) is 28.6 Å². The fourth-order valence-corrected chi connectivity index (χ4v) is 3.65. The number of carbonyl (C=O) groups excluding carboxylic acids is 1. The highest BCUT2D eigenvalue weighted by Crippen LogP contribution is 2.25. The number of hydrogen-bond donors (Lipinski definition) is 1. The predicted octanol–water partition coefficient (Wildman–Crippen LogP) is 5.95. The number of hydrogen-bond acceptors (Lipinski definition) is 5. The maximum absolute atomic E-state index is 12.8. The van der Waals surface area contributed by atoms with Gasteiger partial charge in [0.25, 0.3) is 5.91 Å². The Bertz CT molecular complexity index is 1480. The second kappa shape index (κ2) is 8.86. The molecule has 0 aliphatic rings. The minimum Gasteiger partial charge on any atom is -0.494 e. The van der Waals surface area contributed by atoms with Crippen molar-refractivity contribution in [1.82, 2.24) is 15.0 Å². The van der Waals surface area contributed by atoms with Gasteiger partial charge in [-0.25, -0.2) is 0 Å². The van der Waals surface area contributed by atoms with Gasteiger partial charge in [-0.2, -0.15) is 4.80 Å². The van der Waals surface area contributed by atoms with Crippen LogP contribution in [0.4, 0.5) is 5.69 Å². The summed E-state index contributed by atoms with van der Waals surface area (Å²) in [6.45, 7) is 6.68. The molecule has 0 aliphatic carbocycles. The first-order chi connectivity index (χ1) is 16.5. The van der Waals surface area contributed by atoms with E-state index in [2.05, 4.69) is 35.4 Å². The van der Waals surface area contributed by atoms with Gasteiger partial charge in [-0.3, -0.25) is 4.79 Å². The molecule has 0 radical (unpaired) electrons. The van der Waals surface area contributed by atoms with E-state index in [0.717, 1.165) is 22.5 Å². The number of furan rings is 1. The van der Waals surface area contributed by atoms with E-state index in [1.165, 1.54) is 11.1 Å². The minimum absolute atomic E-state index is 0.242. The first kappa shape index (κ1) is 21.5. The van der Waals surface area contributed by atoms with E-state index in [0.29, 0.717) is 23.6 Å². The van der Waals surface area contributed by atoms with Crippen LogP contribution >= 0.6 is 0 Å². The molecule has 0 fully saturated rings. The molecule has 0 atom stereocenters. The third-order valence-electron chi connectivity index (χ3n) is 5.64. The van der Waals surface area contributed by atoms with Crippen LogP contribution in [0.3, 0.4) is 0 Å². The Morgan fingerprint density at radius 1 is 0.912 bits per heavy atom. The monoisotopic (exact) mass is 452 g/mol. The number of aryl methyl sites for hydroxylation is 2. The molecule has 0 aliphatic heterocycles. The van der Waals surface area contributed by atoms with E-state index in [-0.39, 0.29) is 11.7 Å². The van der Waals surface area contributed by atoms with Crippen LogP contribution in [0.25, 0.3) is 28.0 Å². The quantitative estimate of drug-likeness (QED) is 0.344. The van der Waals surface area contributed by atoms with Crippen LogP contribution in [0.5, 0.6) is 5.75 Å². The van der Waals surface area contributed by atoms with Crippen molar-refractivity contribution in [3.05, 3.63) is 89.7 Å². The van der Waals surface area contributed by atoms with E-state index in [1.54, 1.807) is 23.0 Å². The Labute approximate surface area is 197 Å². The summed E-state index contributed by atoms with van der Waals surface area (Å²) in [4.78, 5) is 14.3. The summed E-state index contributed by atoms with van der Waals surface area (Å²) < 4.78 is 11.3. The molecule has 1 N–H and O–H groups in total. The lowest BCUT2D eigenvalue weighted by atomic mass is 10.1. The first-order valence-electron chi connectivity index (χ1n) is 11.1. The highest BCUT2D eigenvalue weighted by molar-refractivity contribution is 6.03. The predicted molar refractivity (Wildman–Crippen MR) is 132 cm³/mol. The van der Waals surface area contributed by atoms with E-state index in [1.807, 2.05) is 55.5 Å². The molecule has 5 aromatic rings. The lowest BCUT2D eigenvalue weighted by molar-refractivity contribution is 0.0997. The Morgan fingerprint density at radius 3 is 2.47 bits per heavy atom. The van der Waals surface area contributed by atoms with Crippen LogP contribution in [0.2, 0.25) is 0 Å². The van der Waals surface area contributed by atoms with E-state index < -0.39 is 0 Å². The zero-order valence-electron chi connectivity index (χ0n) is 19.2. The van der Waals surface area contributed by atoms with Crippen LogP contribution in [0, 0.1) is 13.8 Å². The number of rotatable bonds is 6. The van der Waals surface area contributed by atoms with E-state index in [4.69, 9.17) is 9.15 Å². The van der Waals surface area contributed by atoms with E-state index in [9.17, 15) is 4.79 Å². The minimum atomic E-state index is -0.326. The number of fused-ring (bicyclic) bond motifs is 1. The van der Waals surface area contributed by atoms with Gasteiger partial charge in [-0.1, -0.05) is 12.1 Å². The maximum atomic E-state index is 12.8. The van der Waals surface area contributed by atoms with Crippen molar-refractivity contribution < 1.29 is 13.9 Å². The summed E-state index contributed by atoms with van der Waals surface area (Å²) in [6, 6.07) is 22.6. The second-order valence-electron chi connectivity index (χ2n) is 8.04. The van der Waals surface area contributed by atoms with Gasteiger partial charge in [0.1, 0.15) is 22.5 Å². The lowest BCUT2D eigenvalue weighted by Gasteiger charge is -2.04. The zero-order valence-corrected chi connectivity index (χ0v) is 19.2. The molecule has 1 amide bonds.